The van der Waals surface area contributed by atoms with Crippen LogP contribution in [-0.4, -0.2) is 62.3 Å². The molecule has 2 fully saturated rings. The van der Waals surface area contributed by atoms with Crippen molar-refractivity contribution in [2.24, 2.45) is 0 Å². The Hall–Kier alpha value is -1.57. The molecule has 0 unspecified atom stereocenters. The minimum Gasteiger partial charge on any atom is -0.349 e. The lowest BCUT2D eigenvalue weighted by atomic mass is 9.94. The van der Waals surface area contributed by atoms with E-state index in [0.717, 1.165) is 37.3 Å². The highest BCUT2D eigenvalue weighted by molar-refractivity contribution is 7.99. The maximum atomic E-state index is 13.0. The van der Waals surface area contributed by atoms with Crippen LogP contribution in [0.3, 0.4) is 0 Å². The highest BCUT2D eigenvalue weighted by Gasteiger charge is 2.40. The van der Waals surface area contributed by atoms with Crippen LogP contribution in [0.1, 0.15) is 47.6 Å². The molecule has 2 aliphatic rings. The van der Waals surface area contributed by atoms with Gasteiger partial charge in [-0.3, -0.25) is 9.69 Å². The Labute approximate surface area is 181 Å². The molecule has 29 heavy (non-hydrogen) atoms. The van der Waals surface area contributed by atoms with Gasteiger partial charge in [-0.05, 0) is 44.9 Å². The van der Waals surface area contributed by atoms with E-state index in [9.17, 15) is 4.79 Å². The number of carbonyl (C=O) groups excluding carboxylic acids is 1. The van der Waals surface area contributed by atoms with Crippen LogP contribution in [0, 0.1) is 13.8 Å². The minimum atomic E-state index is -0.212. The van der Waals surface area contributed by atoms with Crippen LogP contribution in [-0.2, 0) is 0 Å². The maximum absolute atomic E-state index is 13.0. The summed E-state index contributed by atoms with van der Waals surface area (Å²) >= 11 is 8.35. The summed E-state index contributed by atoms with van der Waals surface area (Å²) in [5, 5.41) is 7.98. The van der Waals surface area contributed by atoms with Crippen LogP contribution < -0.4 is 5.32 Å². The quantitative estimate of drug-likeness (QED) is 0.780. The Balaban J connectivity index is 1.52. The molecule has 0 aromatic carbocycles. The molecule has 1 amide bonds. The first-order valence-corrected chi connectivity index (χ1v) is 11.8. The van der Waals surface area contributed by atoms with E-state index in [1.807, 2.05) is 31.7 Å². The van der Waals surface area contributed by atoms with E-state index in [4.69, 9.17) is 11.6 Å². The zero-order valence-electron chi connectivity index (χ0n) is 17.1. The summed E-state index contributed by atoms with van der Waals surface area (Å²) < 4.78 is 1.74. The lowest BCUT2D eigenvalue weighted by Crippen LogP contribution is -2.56. The molecule has 3 heterocycles. The van der Waals surface area contributed by atoms with Crippen molar-refractivity contribution in [3.8, 4) is 5.82 Å². The lowest BCUT2D eigenvalue weighted by Gasteiger charge is -2.43. The van der Waals surface area contributed by atoms with E-state index < -0.39 is 0 Å². The zero-order chi connectivity index (χ0) is 20.4. The van der Waals surface area contributed by atoms with Crippen LogP contribution in [0.5, 0.6) is 0 Å². The molecular weight excluding hydrogens is 406 g/mol. The normalized spacial score (nSPS) is 19.4. The van der Waals surface area contributed by atoms with Crippen molar-refractivity contribution < 1.29 is 4.79 Å². The number of amides is 1. The second kappa shape index (κ2) is 8.66. The van der Waals surface area contributed by atoms with Gasteiger partial charge in [0, 0.05) is 42.4 Å². The van der Waals surface area contributed by atoms with Gasteiger partial charge in [-0.15, -0.1) is 0 Å². The van der Waals surface area contributed by atoms with Crippen LogP contribution in [0.4, 0.5) is 0 Å². The number of aromatic nitrogens is 3. The summed E-state index contributed by atoms with van der Waals surface area (Å²) in [6.45, 7) is 6.77. The predicted octanol–water partition coefficient (Wildman–Crippen LogP) is 3.63. The lowest BCUT2D eigenvalue weighted by molar-refractivity contribution is 0.0814. The summed E-state index contributed by atoms with van der Waals surface area (Å²) in [4.78, 5) is 20.1. The van der Waals surface area contributed by atoms with E-state index in [1.54, 1.807) is 16.8 Å². The number of rotatable bonds is 5. The fraction of sp³-hybridized carbons (Fsp3) is 0.571. The molecule has 2 aromatic heterocycles. The minimum absolute atomic E-state index is 0.0798. The smallest absolute Gasteiger partial charge is 0.271 e. The van der Waals surface area contributed by atoms with Gasteiger partial charge in [0.1, 0.15) is 5.69 Å². The van der Waals surface area contributed by atoms with Gasteiger partial charge in [-0.25, -0.2) is 9.67 Å². The standard InChI is InChI=1S/C21H28ClN5OS/c1-15-13-16(2)27(25-15)18-6-5-17(22)19(24-18)20(28)23-14-21(7-3-4-8-21)26-9-11-29-12-10-26/h5-6,13H,3-4,7-12,14H2,1-2H3,(H,23,28). The zero-order valence-corrected chi connectivity index (χ0v) is 18.7. The molecule has 4 rings (SSSR count). The monoisotopic (exact) mass is 433 g/mol. The van der Waals surface area contributed by atoms with E-state index in [2.05, 4.69) is 20.3 Å². The van der Waals surface area contributed by atoms with Crippen molar-refractivity contribution in [2.45, 2.75) is 45.1 Å². The molecule has 0 bridgehead atoms. The SMILES string of the molecule is Cc1cc(C)n(-c2ccc(Cl)c(C(=O)NCC3(N4CCSCC4)CCCC3)n2)n1. The molecule has 1 aliphatic heterocycles. The molecule has 1 saturated heterocycles. The first kappa shape index (κ1) is 20.7. The first-order valence-electron chi connectivity index (χ1n) is 10.3. The van der Waals surface area contributed by atoms with Gasteiger partial charge in [0.2, 0.25) is 0 Å². The van der Waals surface area contributed by atoms with Crippen molar-refractivity contribution in [2.75, 3.05) is 31.1 Å². The molecule has 0 radical (unpaired) electrons. The van der Waals surface area contributed by atoms with Gasteiger partial charge >= 0.3 is 0 Å². The summed E-state index contributed by atoms with van der Waals surface area (Å²) in [5.41, 5.74) is 2.22. The van der Waals surface area contributed by atoms with Gasteiger partial charge in [0.25, 0.3) is 5.91 Å². The third-order valence-electron chi connectivity index (χ3n) is 6.07. The second-order valence-electron chi connectivity index (χ2n) is 8.05. The van der Waals surface area contributed by atoms with Gasteiger partial charge < -0.3 is 5.32 Å². The predicted molar refractivity (Wildman–Crippen MR) is 118 cm³/mol. The molecular formula is C21H28ClN5OS. The summed E-state index contributed by atoms with van der Waals surface area (Å²) in [5.74, 6) is 2.74. The molecule has 2 aromatic rings. The Morgan fingerprint density at radius 1 is 1.24 bits per heavy atom. The van der Waals surface area contributed by atoms with Crippen molar-refractivity contribution >= 4 is 29.3 Å². The van der Waals surface area contributed by atoms with Crippen molar-refractivity contribution in [1.82, 2.24) is 25.0 Å². The molecule has 1 saturated carbocycles. The molecule has 6 nitrogen and oxygen atoms in total. The van der Waals surface area contributed by atoms with E-state index in [-0.39, 0.29) is 17.1 Å². The molecule has 1 N–H and O–H groups in total. The van der Waals surface area contributed by atoms with E-state index in [1.165, 1.54) is 24.3 Å². The van der Waals surface area contributed by atoms with Crippen molar-refractivity contribution in [3.63, 3.8) is 0 Å². The van der Waals surface area contributed by atoms with E-state index in [0.29, 0.717) is 17.4 Å². The molecule has 0 atom stereocenters. The van der Waals surface area contributed by atoms with Crippen LogP contribution in [0.25, 0.3) is 5.82 Å². The second-order valence-corrected chi connectivity index (χ2v) is 9.68. The molecule has 1 aliphatic carbocycles. The fourth-order valence-corrected chi connectivity index (χ4v) is 5.67. The Bertz CT molecular complexity index is 887. The maximum Gasteiger partial charge on any atom is 0.271 e. The number of thioether (sulfide) groups is 1. The number of nitrogens with zero attached hydrogens (tertiary/aromatic N) is 4. The Kier molecular flexibility index (Phi) is 6.18. The highest BCUT2D eigenvalue weighted by Crippen LogP contribution is 2.36. The Morgan fingerprint density at radius 3 is 2.62 bits per heavy atom. The van der Waals surface area contributed by atoms with Crippen LogP contribution in [0.2, 0.25) is 5.02 Å². The van der Waals surface area contributed by atoms with E-state index >= 15 is 0 Å². The van der Waals surface area contributed by atoms with Crippen molar-refractivity contribution in [3.05, 3.63) is 40.3 Å². The molecule has 156 valence electrons. The van der Waals surface area contributed by atoms with Gasteiger partial charge in [-0.2, -0.15) is 16.9 Å². The summed E-state index contributed by atoms with van der Waals surface area (Å²) in [6.07, 6.45) is 4.74. The third-order valence-corrected chi connectivity index (χ3v) is 7.31. The molecule has 8 heteroatoms. The topological polar surface area (TPSA) is 63.1 Å². The Morgan fingerprint density at radius 2 is 1.97 bits per heavy atom. The number of hydrogen-bond acceptors (Lipinski definition) is 5. The molecule has 0 spiro atoms. The number of aryl methyl sites for hydroxylation is 2. The van der Waals surface area contributed by atoms with Crippen LogP contribution in [0.15, 0.2) is 18.2 Å². The van der Waals surface area contributed by atoms with Gasteiger partial charge in [-0.1, -0.05) is 24.4 Å². The number of hydrogen-bond donors (Lipinski definition) is 1. The number of halogens is 1. The van der Waals surface area contributed by atoms with Gasteiger partial charge in [0.15, 0.2) is 5.82 Å². The average molecular weight is 434 g/mol. The first-order chi connectivity index (χ1) is 14.0. The fourth-order valence-electron chi connectivity index (χ4n) is 4.57. The average Bonchev–Trinajstić information content (AvgIpc) is 3.34. The van der Waals surface area contributed by atoms with Crippen LogP contribution >= 0.6 is 23.4 Å². The summed E-state index contributed by atoms with van der Waals surface area (Å²) in [7, 11) is 0. The largest absolute Gasteiger partial charge is 0.349 e. The third kappa shape index (κ3) is 4.32. The highest BCUT2D eigenvalue weighted by atomic mass is 35.5. The number of pyridine rings is 1. The van der Waals surface area contributed by atoms with Crippen molar-refractivity contribution in [1.29, 1.82) is 0 Å². The number of nitrogens with one attached hydrogen (secondary N) is 1. The summed E-state index contributed by atoms with van der Waals surface area (Å²) in [6, 6.07) is 5.50. The van der Waals surface area contributed by atoms with Gasteiger partial charge in [0.05, 0.1) is 10.7 Å². The number of carbonyl (C=O) groups is 1.